The van der Waals surface area contributed by atoms with E-state index in [4.69, 9.17) is 5.84 Å². The van der Waals surface area contributed by atoms with Gasteiger partial charge >= 0.3 is 0 Å². The van der Waals surface area contributed by atoms with E-state index in [-0.39, 0.29) is 0 Å². The summed E-state index contributed by atoms with van der Waals surface area (Å²) < 4.78 is 0. The third kappa shape index (κ3) is 1.96. The Morgan fingerprint density at radius 2 is 1.68 bits per heavy atom. The average Bonchev–Trinajstić information content (AvgIpc) is 3.06. The molecule has 0 aliphatic heterocycles. The van der Waals surface area contributed by atoms with Gasteiger partial charge in [0.2, 0.25) is 0 Å². The molecule has 2 aliphatic carbocycles. The third-order valence-electron chi connectivity index (χ3n) is 5.06. The average molecular weight is 252 g/mol. The van der Waals surface area contributed by atoms with Crippen LogP contribution in [0.5, 0.6) is 0 Å². The molecule has 2 heteroatoms. The predicted molar refractivity (Wildman–Crippen MR) is 78.3 cm³/mol. The van der Waals surface area contributed by atoms with Crippen LogP contribution < -0.4 is 11.3 Å². The molecule has 0 saturated heterocycles. The second-order valence-corrected chi connectivity index (χ2v) is 6.24. The van der Waals surface area contributed by atoms with E-state index in [0.29, 0.717) is 6.04 Å². The molecule has 2 aliphatic rings. The fourth-order valence-electron chi connectivity index (χ4n) is 3.94. The second-order valence-electron chi connectivity index (χ2n) is 6.24. The molecule has 0 spiro atoms. The molecular formula is C17H20N2. The van der Waals surface area contributed by atoms with Gasteiger partial charge in [0.15, 0.2) is 0 Å². The summed E-state index contributed by atoms with van der Waals surface area (Å²) >= 11 is 0. The van der Waals surface area contributed by atoms with Crippen LogP contribution in [0.15, 0.2) is 42.5 Å². The number of rotatable bonds is 3. The third-order valence-corrected chi connectivity index (χ3v) is 5.06. The Labute approximate surface area is 114 Å². The van der Waals surface area contributed by atoms with Crippen molar-refractivity contribution >= 4 is 10.8 Å². The van der Waals surface area contributed by atoms with E-state index in [1.165, 1.54) is 35.6 Å². The molecule has 3 atom stereocenters. The van der Waals surface area contributed by atoms with Crippen molar-refractivity contribution < 1.29 is 0 Å². The van der Waals surface area contributed by atoms with Crippen LogP contribution in [0, 0.1) is 17.8 Å². The molecule has 2 aromatic carbocycles. The highest BCUT2D eigenvalue weighted by atomic mass is 15.2. The lowest BCUT2D eigenvalue weighted by Crippen LogP contribution is -2.33. The minimum atomic E-state index is 0.317. The van der Waals surface area contributed by atoms with Crippen molar-refractivity contribution in [2.75, 3.05) is 0 Å². The molecule has 2 fully saturated rings. The predicted octanol–water partition coefficient (Wildman–Crippen LogP) is 3.39. The number of nitrogens with two attached hydrogens (primary N) is 1. The molecule has 19 heavy (non-hydrogen) atoms. The molecule has 4 rings (SSSR count). The van der Waals surface area contributed by atoms with E-state index >= 15 is 0 Å². The van der Waals surface area contributed by atoms with Crippen molar-refractivity contribution in [3.05, 3.63) is 48.0 Å². The lowest BCUT2D eigenvalue weighted by Gasteiger charge is -2.24. The molecule has 98 valence electrons. The molecule has 3 N–H and O–H groups in total. The lowest BCUT2D eigenvalue weighted by atomic mass is 9.88. The maximum absolute atomic E-state index is 5.84. The lowest BCUT2D eigenvalue weighted by molar-refractivity contribution is 0.346. The minimum absolute atomic E-state index is 0.317. The highest BCUT2D eigenvalue weighted by Gasteiger charge is 2.47. The Bertz CT molecular complexity index is 597. The Morgan fingerprint density at radius 1 is 0.947 bits per heavy atom. The normalized spacial score (nSPS) is 30.3. The summed E-state index contributed by atoms with van der Waals surface area (Å²) in [6, 6.07) is 15.6. The molecule has 2 nitrogen and oxygen atoms in total. The standard InChI is InChI=1S/C17H20N2/c18-19-17(16-9-14-8-15(14)10-16)13-6-5-11-3-1-2-4-12(11)7-13/h1-7,14-17,19H,8-10,18H2. The molecule has 3 unspecified atom stereocenters. The number of nitrogens with one attached hydrogen (secondary N) is 1. The van der Waals surface area contributed by atoms with E-state index < -0.39 is 0 Å². The van der Waals surface area contributed by atoms with Crippen LogP contribution in [0.2, 0.25) is 0 Å². The van der Waals surface area contributed by atoms with Gasteiger partial charge in [0.1, 0.15) is 0 Å². The number of hydrogen-bond acceptors (Lipinski definition) is 2. The van der Waals surface area contributed by atoms with E-state index in [2.05, 4.69) is 47.9 Å². The van der Waals surface area contributed by atoms with Gasteiger partial charge in [-0.2, -0.15) is 0 Å². The van der Waals surface area contributed by atoms with E-state index in [0.717, 1.165) is 17.8 Å². The van der Waals surface area contributed by atoms with Gasteiger partial charge in [-0.1, -0.05) is 36.4 Å². The van der Waals surface area contributed by atoms with Crippen LogP contribution in [-0.4, -0.2) is 0 Å². The first kappa shape index (κ1) is 11.4. The highest BCUT2D eigenvalue weighted by Crippen LogP contribution is 2.57. The van der Waals surface area contributed by atoms with Crippen LogP contribution >= 0.6 is 0 Å². The van der Waals surface area contributed by atoms with Gasteiger partial charge in [0.25, 0.3) is 0 Å². The summed E-state index contributed by atoms with van der Waals surface area (Å²) in [7, 11) is 0. The van der Waals surface area contributed by atoms with E-state index in [1.54, 1.807) is 0 Å². The van der Waals surface area contributed by atoms with Crippen molar-refractivity contribution in [2.45, 2.75) is 25.3 Å². The summed E-state index contributed by atoms with van der Waals surface area (Å²) in [6.07, 6.45) is 4.17. The van der Waals surface area contributed by atoms with Crippen LogP contribution in [-0.2, 0) is 0 Å². The van der Waals surface area contributed by atoms with Gasteiger partial charge in [-0.3, -0.25) is 11.3 Å². The van der Waals surface area contributed by atoms with Crippen LogP contribution in [0.3, 0.4) is 0 Å². The smallest absolute Gasteiger partial charge is 0.0488 e. The van der Waals surface area contributed by atoms with Crippen LogP contribution in [0.25, 0.3) is 10.8 Å². The fraction of sp³-hybridized carbons (Fsp3) is 0.412. The molecule has 2 aromatic rings. The molecule has 0 radical (unpaired) electrons. The SMILES string of the molecule is NNC(c1ccc2ccccc2c1)C1CC2CC2C1. The van der Waals surface area contributed by atoms with Gasteiger partial charge < -0.3 is 0 Å². The van der Waals surface area contributed by atoms with E-state index in [1.807, 2.05) is 0 Å². The number of benzene rings is 2. The molecule has 0 aromatic heterocycles. The topological polar surface area (TPSA) is 38.0 Å². The zero-order valence-corrected chi connectivity index (χ0v) is 11.0. The van der Waals surface area contributed by atoms with Gasteiger partial charge in [0, 0.05) is 6.04 Å². The fourth-order valence-corrected chi connectivity index (χ4v) is 3.94. The number of hydrogen-bond donors (Lipinski definition) is 2. The molecule has 0 bridgehead atoms. The number of fused-ring (bicyclic) bond motifs is 2. The van der Waals surface area contributed by atoms with Gasteiger partial charge in [0.05, 0.1) is 0 Å². The molecular weight excluding hydrogens is 232 g/mol. The van der Waals surface area contributed by atoms with Gasteiger partial charge in [-0.05, 0) is 59.4 Å². The summed E-state index contributed by atoms with van der Waals surface area (Å²) in [4.78, 5) is 0. The number of hydrazine groups is 1. The van der Waals surface area contributed by atoms with Crippen LogP contribution in [0.4, 0.5) is 0 Å². The van der Waals surface area contributed by atoms with Crippen LogP contribution in [0.1, 0.15) is 30.9 Å². The van der Waals surface area contributed by atoms with Crippen molar-refractivity contribution in [3.63, 3.8) is 0 Å². The maximum Gasteiger partial charge on any atom is 0.0488 e. The first-order valence-electron chi connectivity index (χ1n) is 7.30. The summed E-state index contributed by atoms with van der Waals surface area (Å²) in [5.74, 6) is 8.56. The van der Waals surface area contributed by atoms with E-state index in [9.17, 15) is 0 Å². The van der Waals surface area contributed by atoms with Crippen molar-refractivity contribution in [2.24, 2.45) is 23.6 Å². The summed E-state index contributed by atoms with van der Waals surface area (Å²) in [5, 5.41) is 2.61. The van der Waals surface area contributed by atoms with Crippen molar-refractivity contribution in [1.29, 1.82) is 0 Å². The molecule has 0 amide bonds. The minimum Gasteiger partial charge on any atom is -0.271 e. The zero-order chi connectivity index (χ0) is 12.8. The zero-order valence-electron chi connectivity index (χ0n) is 11.0. The Balaban J connectivity index is 1.67. The Morgan fingerprint density at radius 3 is 2.42 bits per heavy atom. The molecule has 0 heterocycles. The second kappa shape index (κ2) is 4.32. The first-order chi connectivity index (χ1) is 9.35. The van der Waals surface area contributed by atoms with Gasteiger partial charge in [-0.25, -0.2) is 0 Å². The molecule has 2 saturated carbocycles. The Kier molecular flexibility index (Phi) is 2.61. The van der Waals surface area contributed by atoms with Gasteiger partial charge in [-0.15, -0.1) is 0 Å². The maximum atomic E-state index is 5.84. The van der Waals surface area contributed by atoms with Crippen molar-refractivity contribution in [1.82, 2.24) is 5.43 Å². The Hall–Kier alpha value is -1.38. The van der Waals surface area contributed by atoms with Crippen molar-refractivity contribution in [3.8, 4) is 0 Å². The highest BCUT2D eigenvalue weighted by molar-refractivity contribution is 5.83. The summed E-state index contributed by atoms with van der Waals surface area (Å²) in [6.45, 7) is 0. The largest absolute Gasteiger partial charge is 0.271 e. The monoisotopic (exact) mass is 252 g/mol. The summed E-state index contributed by atoms with van der Waals surface area (Å²) in [5.41, 5.74) is 4.41. The quantitative estimate of drug-likeness (QED) is 0.649. The first-order valence-corrected chi connectivity index (χ1v) is 7.30.